The Bertz CT molecular complexity index is 1150. The Morgan fingerprint density at radius 3 is 2.69 bits per heavy atom. The Morgan fingerprint density at radius 2 is 1.94 bits per heavy atom. The number of carbonyl (C=O) groups is 2. The standard InChI is InChI=1S/C27H31ClN4O3/c1-19(2)32(24(33)15-14-20-9-4-3-5-10-20)18-25(34)31-16-7-6-13-23(31)27-29-26(30-35-27)21-11-8-12-22(28)17-21/h3-5,8-12,17,19,23H,6-7,13-16,18H2,1-2H3. The summed E-state index contributed by atoms with van der Waals surface area (Å²) in [6.07, 6.45) is 3.63. The van der Waals surface area contributed by atoms with Crippen LogP contribution in [0, 0.1) is 0 Å². The van der Waals surface area contributed by atoms with Crippen LogP contribution in [-0.2, 0) is 16.0 Å². The molecule has 2 aromatic carbocycles. The lowest BCUT2D eigenvalue weighted by atomic mass is 10.0. The molecule has 0 saturated carbocycles. The number of likely N-dealkylation sites (tertiary alicyclic amines) is 1. The molecule has 1 aliphatic heterocycles. The molecule has 184 valence electrons. The Morgan fingerprint density at radius 1 is 1.14 bits per heavy atom. The van der Waals surface area contributed by atoms with Gasteiger partial charge in [0.05, 0.1) is 6.54 Å². The SMILES string of the molecule is CC(C)N(CC(=O)N1CCCCC1c1nc(-c2cccc(Cl)c2)no1)C(=O)CCc1ccccc1. The summed E-state index contributed by atoms with van der Waals surface area (Å²) < 4.78 is 5.59. The number of hydrogen-bond acceptors (Lipinski definition) is 5. The zero-order chi connectivity index (χ0) is 24.8. The van der Waals surface area contributed by atoms with Gasteiger partial charge in [-0.15, -0.1) is 0 Å². The van der Waals surface area contributed by atoms with Gasteiger partial charge >= 0.3 is 0 Å². The van der Waals surface area contributed by atoms with Gasteiger partial charge in [0.15, 0.2) is 0 Å². The molecule has 3 aromatic rings. The van der Waals surface area contributed by atoms with Crippen LogP contribution in [0.15, 0.2) is 59.1 Å². The topological polar surface area (TPSA) is 79.5 Å². The van der Waals surface area contributed by atoms with E-state index in [9.17, 15) is 9.59 Å². The molecular formula is C27H31ClN4O3. The molecule has 1 aliphatic rings. The monoisotopic (exact) mass is 494 g/mol. The molecule has 0 bridgehead atoms. The minimum absolute atomic E-state index is 0.0215. The van der Waals surface area contributed by atoms with E-state index in [4.69, 9.17) is 16.1 Å². The first-order chi connectivity index (χ1) is 16.9. The van der Waals surface area contributed by atoms with Gasteiger partial charge in [-0.2, -0.15) is 4.98 Å². The van der Waals surface area contributed by atoms with Crippen LogP contribution in [0.4, 0.5) is 0 Å². The van der Waals surface area contributed by atoms with Gasteiger partial charge in [0.1, 0.15) is 6.04 Å². The fraction of sp³-hybridized carbons (Fsp3) is 0.407. The van der Waals surface area contributed by atoms with Crippen LogP contribution in [0.2, 0.25) is 5.02 Å². The number of rotatable bonds is 8. The van der Waals surface area contributed by atoms with Crippen molar-refractivity contribution in [1.29, 1.82) is 0 Å². The molecule has 1 saturated heterocycles. The van der Waals surface area contributed by atoms with Crippen molar-refractivity contribution in [1.82, 2.24) is 19.9 Å². The number of halogens is 1. The molecule has 0 radical (unpaired) electrons. The summed E-state index contributed by atoms with van der Waals surface area (Å²) in [4.78, 5) is 34.5. The predicted octanol–water partition coefficient (Wildman–Crippen LogP) is 5.31. The third-order valence-corrected chi connectivity index (χ3v) is 6.59. The third-order valence-electron chi connectivity index (χ3n) is 6.35. The van der Waals surface area contributed by atoms with Crippen molar-refractivity contribution in [2.75, 3.05) is 13.1 Å². The van der Waals surface area contributed by atoms with Crippen molar-refractivity contribution in [3.63, 3.8) is 0 Å². The summed E-state index contributed by atoms with van der Waals surface area (Å²) in [5.41, 5.74) is 1.87. The zero-order valence-corrected chi connectivity index (χ0v) is 20.9. The molecule has 0 aliphatic carbocycles. The van der Waals surface area contributed by atoms with E-state index in [1.54, 1.807) is 21.9 Å². The normalized spacial score (nSPS) is 15.9. The molecule has 2 amide bonds. The average Bonchev–Trinajstić information content (AvgIpc) is 3.36. The van der Waals surface area contributed by atoms with Crippen molar-refractivity contribution in [2.24, 2.45) is 0 Å². The van der Waals surface area contributed by atoms with Gasteiger partial charge in [-0.25, -0.2) is 0 Å². The minimum atomic E-state index is -0.301. The molecule has 4 rings (SSSR count). The smallest absolute Gasteiger partial charge is 0.249 e. The van der Waals surface area contributed by atoms with Crippen molar-refractivity contribution in [3.05, 3.63) is 71.1 Å². The molecule has 7 nitrogen and oxygen atoms in total. The summed E-state index contributed by atoms with van der Waals surface area (Å²) in [5.74, 6) is 0.741. The lowest BCUT2D eigenvalue weighted by Crippen LogP contribution is -2.48. The highest BCUT2D eigenvalue weighted by atomic mass is 35.5. The lowest BCUT2D eigenvalue weighted by Gasteiger charge is -2.36. The minimum Gasteiger partial charge on any atom is -0.337 e. The van der Waals surface area contributed by atoms with E-state index in [-0.39, 0.29) is 30.4 Å². The fourth-order valence-electron chi connectivity index (χ4n) is 4.44. The van der Waals surface area contributed by atoms with Crippen molar-refractivity contribution in [2.45, 2.75) is 58.0 Å². The van der Waals surface area contributed by atoms with E-state index in [2.05, 4.69) is 10.1 Å². The molecule has 1 aromatic heterocycles. The average molecular weight is 495 g/mol. The second-order valence-corrected chi connectivity index (χ2v) is 9.60. The number of benzene rings is 2. The number of hydrogen-bond donors (Lipinski definition) is 0. The molecule has 8 heteroatoms. The van der Waals surface area contributed by atoms with Crippen LogP contribution in [0.3, 0.4) is 0 Å². The largest absolute Gasteiger partial charge is 0.337 e. The maximum Gasteiger partial charge on any atom is 0.249 e. The second kappa shape index (κ2) is 11.5. The van der Waals surface area contributed by atoms with E-state index in [1.807, 2.05) is 56.3 Å². The van der Waals surface area contributed by atoms with Crippen LogP contribution in [0.1, 0.15) is 57.0 Å². The molecule has 35 heavy (non-hydrogen) atoms. The number of piperidine rings is 1. The summed E-state index contributed by atoms with van der Waals surface area (Å²) in [6, 6.07) is 16.8. The van der Waals surface area contributed by atoms with Crippen LogP contribution in [0.25, 0.3) is 11.4 Å². The molecule has 0 spiro atoms. The molecule has 0 N–H and O–H groups in total. The number of aryl methyl sites for hydroxylation is 1. The Labute approximate surface area is 211 Å². The van der Waals surface area contributed by atoms with Gasteiger partial charge in [0.25, 0.3) is 0 Å². The van der Waals surface area contributed by atoms with Gasteiger partial charge in [-0.3, -0.25) is 9.59 Å². The first-order valence-corrected chi connectivity index (χ1v) is 12.5. The predicted molar refractivity (Wildman–Crippen MR) is 135 cm³/mol. The molecule has 1 fully saturated rings. The fourth-order valence-corrected chi connectivity index (χ4v) is 4.63. The van der Waals surface area contributed by atoms with E-state index < -0.39 is 0 Å². The first kappa shape index (κ1) is 24.9. The van der Waals surface area contributed by atoms with E-state index >= 15 is 0 Å². The van der Waals surface area contributed by atoms with E-state index in [1.165, 1.54) is 0 Å². The second-order valence-electron chi connectivity index (χ2n) is 9.17. The van der Waals surface area contributed by atoms with Crippen LogP contribution >= 0.6 is 11.6 Å². The maximum absolute atomic E-state index is 13.4. The highest BCUT2D eigenvalue weighted by Crippen LogP contribution is 2.32. The van der Waals surface area contributed by atoms with Gasteiger partial charge in [-0.1, -0.05) is 59.2 Å². The third kappa shape index (κ3) is 6.28. The van der Waals surface area contributed by atoms with Crippen molar-refractivity contribution in [3.8, 4) is 11.4 Å². The quantitative estimate of drug-likeness (QED) is 0.423. The Hall–Kier alpha value is -3.19. The van der Waals surface area contributed by atoms with E-state index in [0.717, 1.165) is 30.4 Å². The van der Waals surface area contributed by atoms with Crippen molar-refractivity contribution < 1.29 is 14.1 Å². The number of amides is 2. The zero-order valence-electron chi connectivity index (χ0n) is 20.2. The molecule has 2 heterocycles. The Kier molecular flexibility index (Phi) is 8.18. The maximum atomic E-state index is 13.4. The number of carbonyl (C=O) groups excluding carboxylic acids is 2. The van der Waals surface area contributed by atoms with Gasteiger partial charge in [0.2, 0.25) is 23.5 Å². The number of aromatic nitrogens is 2. The van der Waals surface area contributed by atoms with Crippen LogP contribution in [-0.4, -0.2) is 50.9 Å². The molecule has 1 atom stereocenters. The highest BCUT2D eigenvalue weighted by Gasteiger charge is 2.34. The van der Waals surface area contributed by atoms with Gasteiger partial charge in [0, 0.05) is 29.6 Å². The van der Waals surface area contributed by atoms with E-state index in [0.29, 0.717) is 36.1 Å². The number of nitrogens with zero attached hydrogens (tertiary/aromatic N) is 4. The molecule has 1 unspecified atom stereocenters. The first-order valence-electron chi connectivity index (χ1n) is 12.1. The molecular weight excluding hydrogens is 464 g/mol. The summed E-state index contributed by atoms with van der Waals surface area (Å²) in [5, 5.41) is 4.71. The summed E-state index contributed by atoms with van der Waals surface area (Å²) >= 11 is 6.10. The summed E-state index contributed by atoms with van der Waals surface area (Å²) in [6.45, 7) is 4.52. The summed E-state index contributed by atoms with van der Waals surface area (Å²) in [7, 11) is 0. The van der Waals surface area contributed by atoms with Gasteiger partial charge < -0.3 is 14.3 Å². The van der Waals surface area contributed by atoms with Gasteiger partial charge in [-0.05, 0) is 57.2 Å². The van der Waals surface area contributed by atoms with Crippen LogP contribution < -0.4 is 0 Å². The Balaban J connectivity index is 1.45. The van der Waals surface area contributed by atoms with Crippen molar-refractivity contribution >= 4 is 23.4 Å². The lowest BCUT2D eigenvalue weighted by molar-refractivity contribution is -0.144. The van der Waals surface area contributed by atoms with Crippen LogP contribution in [0.5, 0.6) is 0 Å². The highest BCUT2D eigenvalue weighted by molar-refractivity contribution is 6.30.